The maximum absolute atomic E-state index is 11.4. The van der Waals surface area contributed by atoms with Gasteiger partial charge < -0.3 is 9.67 Å². The lowest BCUT2D eigenvalue weighted by Crippen LogP contribution is -2.49. The normalized spacial score (nSPS) is 17.8. The molecule has 2 heterocycles. The van der Waals surface area contributed by atoms with Gasteiger partial charge in [0.2, 0.25) is 0 Å². The van der Waals surface area contributed by atoms with Gasteiger partial charge in [-0.05, 0) is 26.2 Å². The van der Waals surface area contributed by atoms with E-state index in [-0.39, 0.29) is 0 Å². The molecule has 6 nitrogen and oxygen atoms in total. The fraction of sp³-hybridized carbons (Fsp3) is 0.769. The van der Waals surface area contributed by atoms with Crippen molar-refractivity contribution < 1.29 is 9.90 Å². The van der Waals surface area contributed by atoms with Crippen LogP contribution in [-0.2, 0) is 24.3 Å². The minimum absolute atomic E-state index is 0.454. The Bertz CT molecular complexity index is 457. The number of fused-ring (bicyclic) bond motifs is 1. The van der Waals surface area contributed by atoms with E-state index >= 15 is 0 Å². The van der Waals surface area contributed by atoms with Crippen LogP contribution in [0.25, 0.3) is 0 Å². The van der Waals surface area contributed by atoms with Gasteiger partial charge in [0, 0.05) is 13.0 Å². The van der Waals surface area contributed by atoms with Crippen molar-refractivity contribution in [1.82, 2.24) is 20.1 Å². The Balaban J connectivity index is 2.05. The zero-order valence-electron chi connectivity index (χ0n) is 11.6. The molecule has 1 aliphatic heterocycles. The Kier molecular flexibility index (Phi) is 4.19. The summed E-state index contributed by atoms with van der Waals surface area (Å²) in [6, 6.07) is 0. The quantitative estimate of drug-likeness (QED) is 0.812. The average Bonchev–Trinajstić information content (AvgIpc) is 2.80. The van der Waals surface area contributed by atoms with E-state index in [0.29, 0.717) is 13.0 Å². The van der Waals surface area contributed by atoms with Crippen LogP contribution in [0.2, 0.25) is 0 Å². The Morgan fingerprint density at radius 2 is 2.26 bits per heavy atom. The monoisotopic (exact) mass is 266 g/mol. The van der Waals surface area contributed by atoms with Crippen molar-refractivity contribution in [3.8, 4) is 0 Å². The highest BCUT2D eigenvalue weighted by Gasteiger charge is 2.32. The first kappa shape index (κ1) is 14.0. The minimum atomic E-state index is -0.893. The van der Waals surface area contributed by atoms with Crippen LogP contribution in [0.5, 0.6) is 0 Å². The second-order valence-corrected chi connectivity index (χ2v) is 5.38. The molecule has 0 spiro atoms. The summed E-state index contributed by atoms with van der Waals surface area (Å²) >= 11 is 0. The standard InChI is InChI=1S/C13H22N4O2/c1-3-7-13(2,12(18)19)14-9-11-16-15-10-6-4-5-8-17(10)11/h14H,3-9H2,1-2H3,(H,18,19). The molecule has 0 aliphatic carbocycles. The molecule has 1 aromatic rings. The first-order valence-electron chi connectivity index (χ1n) is 6.96. The summed E-state index contributed by atoms with van der Waals surface area (Å²) < 4.78 is 2.12. The van der Waals surface area contributed by atoms with Crippen LogP contribution in [0.4, 0.5) is 0 Å². The van der Waals surface area contributed by atoms with Gasteiger partial charge in [-0.3, -0.25) is 10.1 Å². The number of aliphatic carboxylic acids is 1. The van der Waals surface area contributed by atoms with Crippen molar-refractivity contribution in [2.75, 3.05) is 0 Å². The largest absolute Gasteiger partial charge is 0.480 e. The number of carboxylic acid groups (broad SMARTS) is 1. The lowest BCUT2D eigenvalue weighted by Gasteiger charge is -2.26. The average molecular weight is 266 g/mol. The molecule has 2 N–H and O–H groups in total. The maximum atomic E-state index is 11.4. The summed E-state index contributed by atoms with van der Waals surface area (Å²) in [6.07, 6.45) is 4.70. The summed E-state index contributed by atoms with van der Waals surface area (Å²) in [5.41, 5.74) is -0.893. The number of carbonyl (C=O) groups is 1. The van der Waals surface area contributed by atoms with Crippen molar-refractivity contribution in [1.29, 1.82) is 0 Å². The molecule has 6 heteroatoms. The Morgan fingerprint density at radius 1 is 1.47 bits per heavy atom. The Hall–Kier alpha value is -1.43. The van der Waals surface area contributed by atoms with E-state index in [1.54, 1.807) is 6.92 Å². The Morgan fingerprint density at radius 3 is 2.95 bits per heavy atom. The highest BCUT2D eigenvalue weighted by Crippen LogP contribution is 2.17. The van der Waals surface area contributed by atoms with Gasteiger partial charge in [0.05, 0.1) is 6.54 Å². The number of aryl methyl sites for hydroxylation is 1. The van der Waals surface area contributed by atoms with E-state index in [2.05, 4.69) is 20.1 Å². The molecule has 0 aromatic carbocycles. The van der Waals surface area contributed by atoms with Crippen molar-refractivity contribution in [2.24, 2.45) is 0 Å². The molecular formula is C13H22N4O2. The highest BCUT2D eigenvalue weighted by atomic mass is 16.4. The molecule has 1 aromatic heterocycles. The molecular weight excluding hydrogens is 244 g/mol. The molecule has 2 rings (SSSR count). The second-order valence-electron chi connectivity index (χ2n) is 5.38. The lowest BCUT2D eigenvalue weighted by atomic mass is 9.96. The van der Waals surface area contributed by atoms with Crippen molar-refractivity contribution in [2.45, 2.75) is 64.6 Å². The molecule has 0 amide bonds. The zero-order chi connectivity index (χ0) is 13.9. The molecule has 19 heavy (non-hydrogen) atoms. The molecule has 0 radical (unpaired) electrons. The number of rotatable bonds is 6. The SMILES string of the molecule is CCCC(C)(NCc1nnc2n1CCCC2)C(=O)O. The highest BCUT2D eigenvalue weighted by molar-refractivity contribution is 5.78. The molecule has 106 valence electrons. The van der Waals surface area contributed by atoms with Crippen LogP contribution >= 0.6 is 0 Å². The van der Waals surface area contributed by atoms with Gasteiger partial charge in [0.25, 0.3) is 0 Å². The number of hydrogen-bond acceptors (Lipinski definition) is 4. The summed E-state index contributed by atoms with van der Waals surface area (Å²) in [6.45, 7) is 5.11. The van der Waals surface area contributed by atoms with Crippen LogP contribution in [0.1, 0.15) is 51.2 Å². The third-order valence-corrected chi connectivity index (χ3v) is 3.79. The van der Waals surface area contributed by atoms with Gasteiger partial charge in [0.1, 0.15) is 17.2 Å². The van der Waals surface area contributed by atoms with Crippen molar-refractivity contribution in [3.63, 3.8) is 0 Å². The fourth-order valence-corrected chi connectivity index (χ4v) is 2.54. The smallest absolute Gasteiger partial charge is 0.323 e. The van der Waals surface area contributed by atoms with Gasteiger partial charge in [-0.2, -0.15) is 0 Å². The Labute approximate surface area is 113 Å². The van der Waals surface area contributed by atoms with Gasteiger partial charge in [0.15, 0.2) is 0 Å². The summed E-state index contributed by atoms with van der Waals surface area (Å²) in [7, 11) is 0. The summed E-state index contributed by atoms with van der Waals surface area (Å²) in [5.74, 6) is 1.06. The van der Waals surface area contributed by atoms with Gasteiger partial charge in [-0.15, -0.1) is 10.2 Å². The van der Waals surface area contributed by atoms with Crippen molar-refractivity contribution in [3.05, 3.63) is 11.6 Å². The number of nitrogens with zero attached hydrogens (tertiary/aromatic N) is 3. The predicted octanol–water partition coefficient (Wildman–Crippen LogP) is 1.35. The van der Waals surface area contributed by atoms with Gasteiger partial charge in [-0.25, -0.2) is 0 Å². The number of carboxylic acids is 1. The van der Waals surface area contributed by atoms with E-state index in [9.17, 15) is 9.90 Å². The van der Waals surface area contributed by atoms with Crippen molar-refractivity contribution >= 4 is 5.97 Å². The first-order valence-corrected chi connectivity index (χ1v) is 6.96. The van der Waals surface area contributed by atoms with E-state index < -0.39 is 11.5 Å². The maximum Gasteiger partial charge on any atom is 0.323 e. The molecule has 0 saturated carbocycles. The predicted molar refractivity (Wildman–Crippen MR) is 70.7 cm³/mol. The van der Waals surface area contributed by atoms with Crippen LogP contribution in [0, 0.1) is 0 Å². The van der Waals surface area contributed by atoms with Crippen LogP contribution in [0.3, 0.4) is 0 Å². The summed E-state index contributed by atoms with van der Waals surface area (Å²) in [5, 5.41) is 20.8. The third kappa shape index (κ3) is 2.94. The summed E-state index contributed by atoms with van der Waals surface area (Å²) in [4.78, 5) is 11.4. The minimum Gasteiger partial charge on any atom is -0.480 e. The fourth-order valence-electron chi connectivity index (χ4n) is 2.54. The topological polar surface area (TPSA) is 80.0 Å². The van der Waals surface area contributed by atoms with E-state index in [0.717, 1.165) is 43.9 Å². The van der Waals surface area contributed by atoms with E-state index in [1.165, 1.54) is 0 Å². The molecule has 0 fully saturated rings. The lowest BCUT2D eigenvalue weighted by molar-refractivity contribution is -0.144. The first-order chi connectivity index (χ1) is 9.07. The molecule has 1 aliphatic rings. The van der Waals surface area contributed by atoms with Gasteiger partial charge >= 0.3 is 5.97 Å². The molecule has 1 atom stereocenters. The molecule has 0 bridgehead atoms. The number of aromatic nitrogens is 3. The van der Waals surface area contributed by atoms with Crippen LogP contribution in [-0.4, -0.2) is 31.4 Å². The molecule has 0 saturated heterocycles. The number of nitrogens with one attached hydrogen (secondary N) is 1. The van der Waals surface area contributed by atoms with E-state index in [1.807, 2.05) is 6.92 Å². The third-order valence-electron chi connectivity index (χ3n) is 3.79. The van der Waals surface area contributed by atoms with Gasteiger partial charge in [-0.1, -0.05) is 13.3 Å². The van der Waals surface area contributed by atoms with Crippen LogP contribution < -0.4 is 5.32 Å². The zero-order valence-corrected chi connectivity index (χ0v) is 11.6. The van der Waals surface area contributed by atoms with E-state index in [4.69, 9.17) is 0 Å². The van der Waals surface area contributed by atoms with Crippen LogP contribution in [0.15, 0.2) is 0 Å². The number of hydrogen-bond donors (Lipinski definition) is 2. The molecule has 1 unspecified atom stereocenters. The second kappa shape index (κ2) is 5.69.